The molecule has 2 aliphatic carbocycles. The third-order valence-electron chi connectivity index (χ3n) is 4.88. The van der Waals surface area contributed by atoms with E-state index in [1.807, 2.05) is 0 Å². The number of rotatable bonds is 5. The molecule has 2 saturated carbocycles. The lowest BCUT2D eigenvalue weighted by Gasteiger charge is -2.32. The molecule has 2 fully saturated rings. The van der Waals surface area contributed by atoms with Gasteiger partial charge < -0.3 is 10.4 Å². The predicted octanol–water partition coefficient (Wildman–Crippen LogP) is 3.34. The summed E-state index contributed by atoms with van der Waals surface area (Å²) >= 11 is 0. The van der Waals surface area contributed by atoms with Gasteiger partial charge in [0.05, 0.1) is 6.10 Å². The van der Waals surface area contributed by atoms with Gasteiger partial charge in [0, 0.05) is 12.6 Å². The van der Waals surface area contributed by atoms with Crippen LogP contribution >= 0.6 is 0 Å². The van der Waals surface area contributed by atoms with Crippen LogP contribution in [0.4, 0.5) is 0 Å². The molecule has 0 heterocycles. The molecular weight excluding hydrogens is 222 g/mol. The van der Waals surface area contributed by atoms with E-state index in [1.165, 1.54) is 44.9 Å². The van der Waals surface area contributed by atoms with Crippen molar-refractivity contribution in [2.45, 2.75) is 77.4 Å². The quantitative estimate of drug-likeness (QED) is 0.787. The summed E-state index contributed by atoms with van der Waals surface area (Å²) in [6, 6.07) is 0.718. The van der Waals surface area contributed by atoms with Crippen molar-refractivity contribution < 1.29 is 5.11 Å². The van der Waals surface area contributed by atoms with Crippen molar-refractivity contribution in [3.63, 3.8) is 0 Å². The first kappa shape index (κ1) is 14.3. The Morgan fingerprint density at radius 1 is 1.11 bits per heavy atom. The second kappa shape index (κ2) is 6.91. The van der Waals surface area contributed by atoms with E-state index in [2.05, 4.69) is 19.2 Å². The second-order valence-corrected chi connectivity index (χ2v) is 7.03. The fraction of sp³-hybridized carbons (Fsp3) is 1.00. The van der Waals surface area contributed by atoms with Crippen molar-refractivity contribution in [1.29, 1.82) is 0 Å². The molecule has 0 radical (unpaired) electrons. The summed E-state index contributed by atoms with van der Waals surface area (Å²) in [5.74, 6) is 2.30. The Balaban J connectivity index is 1.69. The Kier molecular flexibility index (Phi) is 5.50. The molecule has 106 valence electrons. The van der Waals surface area contributed by atoms with Crippen LogP contribution in [0.3, 0.4) is 0 Å². The lowest BCUT2D eigenvalue weighted by Crippen LogP contribution is -2.38. The van der Waals surface area contributed by atoms with Gasteiger partial charge >= 0.3 is 0 Å². The highest BCUT2D eigenvalue weighted by Gasteiger charge is 2.27. The van der Waals surface area contributed by atoms with Crippen molar-refractivity contribution in [2.24, 2.45) is 17.8 Å². The lowest BCUT2D eigenvalue weighted by atomic mass is 9.81. The molecule has 2 N–H and O–H groups in total. The largest absolute Gasteiger partial charge is 0.393 e. The van der Waals surface area contributed by atoms with E-state index in [-0.39, 0.29) is 6.10 Å². The second-order valence-electron chi connectivity index (χ2n) is 7.03. The highest BCUT2D eigenvalue weighted by molar-refractivity contribution is 4.83. The summed E-state index contributed by atoms with van der Waals surface area (Å²) in [7, 11) is 0. The average molecular weight is 253 g/mol. The number of aliphatic hydroxyl groups is 1. The van der Waals surface area contributed by atoms with Crippen molar-refractivity contribution in [2.75, 3.05) is 6.54 Å². The average Bonchev–Trinajstić information content (AvgIpc) is 2.72. The van der Waals surface area contributed by atoms with Crippen LogP contribution in [0.5, 0.6) is 0 Å². The third-order valence-corrected chi connectivity index (χ3v) is 4.88. The molecule has 2 aliphatic rings. The molecular formula is C16H31NO. The molecule has 0 spiro atoms. The summed E-state index contributed by atoms with van der Waals surface area (Å²) in [4.78, 5) is 0. The maximum atomic E-state index is 9.85. The van der Waals surface area contributed by atoms with E-state index in [4.69, 9.17) is 0 Å². The van der Waals surface area contributed by atoms with Crippen molar-refractivity contribution in [1.82, 2.24) is 5.32 Å². The Labute approximate surface area is 113 Å². The zero-order valence-corrected chi connectivity index (χ0v) is 12.2. The van der Waals surface area contributed by atoms with Gasteiger partial charge in [-0.15, -0.1) is 0 Å². The third kappa shape index (κ3) is 4.24. The van der Waals surface area contributed by atoms with Gasteiger partial charge in [0.25, 0.3) is 0 Å². The van der Waals surface area contributed by atoms with Gasteiger partial charge in [-0.05, 0) is 49.9 Å². The Morgan fingerprint density at radius 3 is 2.56 bits per heavy atom. The summed E-state index contributed by atoms with van der Waals surface area (Å²) in [6.45, 7) is 5.72. The van der Waals surface area contributed by atoms with Gasteiger partial charge in [-0.25, -0.2) is 0 Å². The van der Waals surface area contributed by atoms with Crippen molar-refractivity contribution in [3.05, 3.63) is 0 Å². The van der Waals surface area contributed by atoms with Gasteiger partial charge in [-0.2, -0.15) is 0 Å². The van der Waals surface area contributed by atoms with E-state index < -0.39 is 0 Å². The number of nitrogens with one attached hydrogen (secondary N) is 1. The highest BCUT2D eigenvalue weighted by Crippen LogP contribution is 2.30. The standard InChI is InChI=1S/C16H31NO/c1-12(2)9-13-5-3-7-15(10-13)17-11-14-6-4-8-16(14)18/h12-18H,3-11H2,1-2H3. The monoisotopic (exact) mass is 253 g/mol. The van der Waals surface area contributed by atoms with E-state index in [9.17, 15) is 5.11 Å². The van der Waals surface area contributed by atoms with Crippen LogP contribution in [0, 0.1) is 17.8 Å². The first-order chi connectivity index (χ1) is 8.65. The molecule has 4 unspecified atom stereocenters. The Morgan fingerprint density at radius 2 is 1.89 bits per heavy atom. The molecule has 0 aliphatic heterocycles. The number of hydrogen-bond donors (Lipinski definition) is 2. The molecule has 0 aromatic heterocycles. The highest BCUT2D eigenvalue weighted by atomic mass is 16.3. The van der Waals surface area contributed by atoms with Crippen LogP contribution in [0.25, 0.3) is 0 Å². The van der Waals surface area contributed by atoms with Crippen LogP contribution in [0.2, 0.25) is 0 Å². The van der Waals surface area contributed by atoms with E-state index in [1.54, 1.807) is 0 Å². The van der Waals surface area contributed by atoms with Crippen molar-refractivity contribution >= 4 is 0 Å². The molecule has 0 bridgehead atoms. The number of aliphatic hydroxyl groups excluding tert-OH is 1. The van der Waals surface area contributed by atoms with Gasteiger partial charge in [0.2, 0.25) is 0 Å². The Hall–Kier alpha value is -0.0800. The molecule has 2 heteroatoms. The van der Waals surface area contributed by atoms with Gasteiger partial charge in [0.15, 0.2) is 0 Å². The molecule has 2 rings (SSSR count). The minimum absolute atomic E-state index is 0.0347. The summed E-state index contributed by atoms with van der Waals surface area (Å²) < 4.78 is 0. The molecule has 4 atom stereocenters. The smallest absolute Gasteiger partial charge is 0.0580 e. The van der Waals surface area contributed by atoms with Crippen LogP contribution in [-0.2, 0) is 0 Å². The first-order valence-corrected chi connectivity index (χ1v) is 8.06. The fourth-order valence-corrected chi connectivity index (χ4v) is 3.93. The predicted molar refractivity (Wildman–Crippen MR) is 76.6 cm³/mol. The molecule has 0 saturated heterocycles. The summed E-state index contributed by atoms with van der Waals surface area (Å²) in [5, 5.41) is 13.6. The summed E-state index contributed by atoms with van der Waals surface area (Å²) in [6.07, 6.45) is 10.3. The zero-order valence-electron chi connectivity index (χ0n) is 12.2. The van der Waals surface area contributed by atoms with Crippen LogP contribution in [0.1, 0.15) is 65.2 Å². The Bertz CT molecular complexity index is 241. The van der Waals surface area contributed by atoms with Gasteiger partial charge in [-0.1, -0.05) is 33.1 Å². The first-order valence-electron chi connectivity index (χ1n) is 8.06. The normalized spacial score (nSPS) is 37.3. The minimum Gasteiger partial charge on any atom is -0.393 e. The topological polar surface area (TPSA) is 32.3 Å². The van der Waals surface area contributed by atoms with Crippen LogP contribution in [0.15, 0.2) is 0 Å². The number of hydrogen-bond acceptors (Lipinski definition) is 2. The van der Waals surface area contributed by atoms with E-state index in [0.717, 1.165) is 30.8 Å². The molecule has 0 aromatic carbocycles. The molecule has 18 heavy (non-hydrogen) atoms. The van der Waals surface area contributed by atoms with Gasteiger partial charge in [-0.3, -0.25) is 0 Å². The maximum absolute atomic E-state index is 9.85. The van der Waals surface area contributed by atoms with Crippen LogP contribution in [-0.4, -0.2) is 23.8 Å². The zero-order chi connectivity index (χ0) is 13.0. The molecule has 0 amide bonds. The van der Waals surface area contributed by atoms with Crippen LogP contribution < -0.4 is 5.32 Å². The van der Waals surface area contributed by atoms with E-state index >= 15 is 0 Å². The maximum Gasteiger partial charge on any atom is 0.0580 e. The minimum atomic E-state index is -0.0347. The van der Waals surface area contributed by atoms with Crippen molar-refractivity contribution in [3.8, 4) is 0 Å². The lowest BCUT2D eigenvalue weighted by molar-refractivity contribution is 0.126. The SMILES string of the molecule is CC(C)CC1CCCC(NCC2CCCC2O)C1. The molecule has 0 aromatic rings. The fourth-order valence-electron chi connectivity index (χ4n) is 3.93. The summed E-state index contributed by atoms with van der Waals surface area (Å²) in [5.41, 5.74) is 0. The molecule has 2 nitrogen and oxygen atoms in total. The van der Waals surface area contributed by atoms with E-state index in [0.29, 0.717) is 5.92 Å². The van der Waals surface area contributed by atoms with Gasteiger partial charge in [0.1, 0.15) is 0 Å².